The first kappa shape index (κ1) is 15.1. The fourth-order valence-electron chi connectivity index (χ4n) is 3.79. The molecule has 1 aliphatic heterocycles. The summed E-state index contributed by atoms with van der Waals surface area (Å²) < 4.78 is 19.3. The van der Waals surface area contributed by atoms with Gasteiger partial charge in [-0.2, -0.15) is 0 Å². The molecule has 0 saturated carbocycles. The van der Waals surface area contributed by atoms with Crippen LogP contribution in [0.3, 0.4) is 0 Å². The van der Waals surface area contributed by atoms with E-state index in [1.54, 1.807) is 14.2 Å². The van der Waals surface area contributed by atoms with Crippen LogP contribution in [-0.2, 0) is 13.0 Å². The van der Waals surface area contributed by atoms with Crippen molar-refractivity contribution in [2.45, 2.75) is 13.0 Å². The number of methoxy groups -OCH3 is 2. The van der Waals surface area contributed by atoms with E-state index in [0.29, 0.717) is 0 Å². The molecule has 0 atom stereocenters. The van der Waals surface area contributed by atoms with E-state index in [1.165, 1.54) is 16.8 Å². The third-order valence-electron chi connectivity index (χ3n) is 5.11. The van der Waals surface area contributed by atoms with Gasteiger partial charge in [-0.1, -0.05) is 18.2 Å². The molecule has 0 radical (unpaired) electrons. The van der Waals surface area contributed by atoms with Crippen molar-refractivity contribution in [3.8, 4) is 34.1 Å². The van der Waals surface area contributed by atoms with Crippen LogP contribution in [-0.4, -0.2) is 18.8 Å². The maximum atomic E-state index is 6.04. The van der Waals surface area contributed by atoms with Gasteiger partial charge in [-0.25, -0.2) is 0 Å². The van der Waals surface area contributed by atoms with Crippen LogP contribution in [0.2, 0.25) is 0 Å². The number of aryl methyl sites for hydroxylation is 2. The zero-order chi connectivity index (χ0) is 17.7. The number of hydrogen-bond acceptors (Lipinski definition) is 3. The Hall–Kier alpha value is -3.14. The highest BCUT2D eigenvalue weighted by atomic mass is 16.5. The summed E-state index contributed by atoms with van der Waals surface area (Å²) in [6, 6.07) is 16.6. The van der Waals surface area contributed by atoms with Gasteiger partial charge >= 0.3 is 0 Å². The summed E-state index contributed by atoms with van der Waals surface area (Å²) in [4.78, 5) is 0. The Morgan fingerprint density at radius 3 is 2.58 bits per heavy atom. The lowest BCUT2D eigenvalue weighted by Crippen LogP contribution is -2.10. The average Bonchev–Trinajstić information content (AvgIpc) is 3.30. The SMILES string of the molecule is COc1cc2c(cc1OC)-c1cc(-c3cc4ccccc4o3)cn1CC2. The molecule has 0 N–H and O–H groups in total. The van der Waals surface area contributed by atoms with Crippen LogP contribution in [0.1, 0.15) is 5.56 Å². The minimum absolute atomic E-state index is 0.756. The number of hydrogen-bond donors (Lipinski definition) is 0. The number of para-hydroxylation sites is 1. The van der Waals surface area contributed by atoms with E-state index in [4.69, 9.17) is 13.9 Å². The molecular weight excluding hydrogens is 326 g/mol. The van der Waals surface area contributed by atoms with Crippen LogP contribution >= 0.6 is 0 Å². The first-order valence-corrected chi connectivity index (χ1v) is 8.71. The van der Waals surface area contributed by atoms with Crippen LogP contribution in [0.5, 0.6) is 11.5 Å². The molecule has 26 heavy (non-hydrogen) atoms. The van der Waals surface area contributed by atoms with Crippen LogP contribution in [0.4, 0.5) is 0 Å². The van der Waals surface area contributed by atoms with Crippen LogP contribution in [0.15, 0.2) is 59.1 Å². The summed E-state index contributed by atoms with van der Waals surface area (Å²) >= 11 is 0. The first-order chi connectivity index (χ1) is 12.8. The van der Waals surface area contributed by atoms with Crippen molar-refractivity contribution in [2.75, 3.05) is 14.2 Å². The van der Waals surface area contributed by atoms with Gasteiger partial charge in [0.1, 0.15) is 11.3 Å². The molecule has 1 aliphatic rings. The van der Waals surface area contributed by atoms with E-state index in [9.17, 15) is 0 Å². The Morgan fingerprint density at radius 1 is 0.962 bits per heavy atom. The predicted molar refractivity (Wildman–Crippen MR) is 102 cm³/mol. The maximum Gasteiger partial charge on any atom is 0.161 e. The lowest BCUT2D eigenvalue weighted by atomic mass is 9.97. The van der Waals surface area contributed by atoms with Gasteiger partial charge in [-0.05, 0) is 42.3 Å². The summed E-state index contributed by atoms with van der Waals surface area (Å²) in [5, 5.41) is 1.12. The van der Waals surface area contributed by atoms with Gasteiger partial charge in [0.25, 0.3) is 0 Å². The molecule has 4 heteroatoms. The fraction of sp³-hybridized carbons (Fsp3) is 0.182. The van der Waals surface area contributed by atoms with Gasteiger partial charge in [0.2, 0.25) is 0 Å². The number of fused-ring (bicyclic) bond motifs is 4. The number of ether oxygens (including phenoxy) is 2. The molecule has 0 bridgehead atoms. The van der Waals surface area contributed by atoms with Crippen molar-refractivity contribution < 1.29 is 13.9 Å². The smallest absolute Gasteiger partial charge is 0.161 e. The third kappa shape index (κ3) is 2.22. The molecule has 0 fully saturated rings. The van der Waals surface area contributed by atoms with Crippen LogP contribution in [0.25, 0.3) is 33.6 Å². The summed E-state index contributed by atoms with van der Waals surface area (Å²) in [6.45, 7) is 0.943. The molecule has 2 aromatic heterocycles. The molecule has 130 valence electrons. The Kier molecular flexibility index (Phi) is 3.32. The lowest BCUT2D eigenvalue weighted by Gasteiger charge is -2.21. The molecule has 0 unspecified atom stereocenters. The van der Waals surface area contributed by atoms with Gasteiger partial charge in [-0.15, -0.1) is 0 Å². The highest BCUT2D eigenvalue weighted by Gasteiger charge is 2.21. The zero-order valence-electron chi connectivity index (χ0n) is 14.8. The number of nitrogens with zero attached hydrogens (tertiary/aromatic N) is 1. The summed E-state index contributed by atoms with van der Waals surface area (Å²) in [5.74, 6) is 2.44. The molecular formula is C22H19NO3. The second-order valence-electron chi connectivity index (χ2n) is 6.57. The summed E-state index contributed by atoms with van der Waals surface area (Å²) in [6.07, 6.45) is 3.14. The largest absolute Gasteiger partial charge is 0.493 e. The van der Waals surface area contributed by atoms with E-state index in [1.807, 2.05) is 18.2 Å². The second kappa shape index (κ2) is 5.70. The van der Waals surface area contributed by atoms with Gasteiger partial charge in [0.15, 0.2) is 11.5 Å². The van der Waals surface area contributed by atoms with Crippen molar-refractivity contribution in [2.24, 2.45) is 0 Å². The van der Waals surface area contributed by atoms with Crippen molar-refractivity contribution in [1.82, 2.24) is 4.57 Å². The standard InChI is InChI=1S/C22H19NO3/c1-24-21-10-14-7-8-23-13-16(9-18(23)17(14)12-22(21)25-2)20-11-15-5-3-4-6-19(15)26-20/h3-6,9-13H,7-8H2,1-2H3. The van der Waals surface area contributed by atoms with Gasteiger partial charge < -0.3 is 18.5 Å². The molecule has 0 spiro atoms. The number of rotatable bonds is 3. The molecule has 5 rings (SSSR count). The van der Waals surface area contributed by atoms with E-state index in [-0.39, 0.29) is 0 Å². The lowest BCUT2D eigenvalue weighted by molar-refractivity contribution is 0.354. The quantitative estimate of drug-likeness (QED) is 0.516. The topological polar surface area (TPSA) is 36.5 Å². The normalized spacial score (nSPS) is 12.7. The molecule has 0 amide bonds. The van der Waals surface area contributed by atoms with E-state index in [2.05, 4.69) is 41.1 Å². The molecule has 4 aromatic rings. The van der Waals surface area contributed by atoms with Crippen molar-refractivity contribution in [3.05, 3.63) is 60.3 Å². The monoisotopic (exact) mass is 345 g/mol. The second-order valence-corrected chi connectivity index (χ2v) is 6.57. The molecule has 2 aromatic carbocycles. The van der Waals surface area contributed by atoms with Gasteiger partial charge in [0.05, 0.1) is 14.2 Å². The predicted octanol–water partition coefficient (Wildman–Crippen LogP) is 5.14. The molecule has 0 aliphatic carbocycles. The fourth-order valence-corrected chi connectivity index (χ4v) is 3.79. The zero-order valence-corrected chi connectivity index (χ0v) is 14.8. The Morgan fingerprint density at radius 2 is 1.77 bits per heavy atom. The van der Waals surface area contributed by atoms with E-state index >= 15 is 0 Å². The summed E-state index contributed by atoms with van der Waals surface area (Å²) in [7, 11) is 3.35. The van der Waals surface area contributed by atoms with Crippen LogP contribution < -0.4 is 9.47 Å². The minimum Gasteiger partial charge on any atom is -0.493 e. The molecule has 3 heterocycles. The van der Waals surface area contributed by atoms with Crippen molar-refractivity contribution in [3.63, 3.8) is 0 Å². The van der Waals surface area contributed by atoms with Gasteiger partial charge in [0, 0.05) is 34.9 Å². The number of aromatic nitrogens is 1. The Balaban J connectivity index is 1.64. The highest BCUT2D eigenvalue weighted by molar-refractivity contribution is 5.84. The Bertz CT molecular complexity index is 1090. The van der Waals surface area contributed by atoms with Crippen LogP contribution in [0, 0.1) is 0 Å². The number of benzene rings is 2. The maximum absolute atomic E-state index is 6.04. The summed E-state index contributed by atoms with van der Waals surface area (Å²) in [5.41, 5.74) is 5.67. The minimum atomic E-state index is 0.756. The average molecular weight is 345 g/mol. The highest BCUT2D eigenvalue weighted by Crippen LogP contribution is 2.41. The van der Waals surface area contributed by atoms with E-state index in [0.717, 1.165) is 46.8 Å². The molecule has 4 nitrogen and oxygen atoms in total. The molecule has 0 saturated heterocycles. The Labute approximate surface area is 151 Å². The van der Waals surface area contributed by atoms with Crippen molar-refractivity contribution >= 4 is 11.0 Å². The third-order valence-corrected chi connectivity index (χ3v) is 5.11. The van der Waals surface area contributed by atoms with Crippen molar-refractivity contribution in [1.29, 1.82) is 0 Å². The number of furan rings is 1. The van der Waals surface area contributed by atoms with E-state index < -0.39 is 0 Å². The first-order valence-electron chi connectivity index (χ1n) is 8.71. The van der Waals surface area contributed by atoms with Gasteiger partial charge in [-0.3, -0.25) is 0 Å².